The van der Waals surface area contributed by atoms with E-state index in [1.807, 2.05) is 13.8 Å². The van der Waals surface area contributed by atoms with E-state index in [0.29, 0.717) is 28.9 Å². The Morgan fingerprint density at radius 2 is 1.97 bits per heavy atom. The summed E-state index contributed by atoms with van der Waals surface area (Å²) >= 11 is 0. The van der Waals surface area contributed by atoms with Crippen LogP contribution in [0.3, 0.4) is 0 Å². The van der Waals surface area contributed by atoms with Crippen molar-refractivity contribution in [3.05, 3.63) is 35.6 Å². The summed E-state index contributed by atoms with van der Waals surface area (Å²) in [7, 11) is 1.59. The number of rotatable bonds is 10. The summed E-state index contributed by atoms with van der Waals surface area (Å²) in [6.07, 6.45) is 0.683. The van der Waals surface area contributed by atoms with Gasteiger partial charge < -0.3 is 26.8 Å². The molecule has 178 valence electrons. The standard InChI is InChI=1S/C21H26F3N7O2/c1-10(2)6-12(9-25)28-19-15(22)8-14(17(26)32)18(29-19)27-11-4-5-16-13(7-11)20(30-31(16)3)33-21(23)24/h4-5,7-8,10,12,21H,6,9,25H2,1-3H3,(H2,26,32)(H2,27,28,29). The van der Waals surface area contributed by atoms with E-state index >= 15 is 0 Å². The summed E-state index contributed by atoms with van der Waals surface area (Å²) < 4.78 is 46.0. The molecular weight excluding hydrogens is 439 g/mol. The van der Waals surface area contributed by atoms with E-state index in [-0.39, 0.29) is 35.7 Å². The largest absolute Gasteiger partial charge is 0.415 e. The monoisotopic (exact) mass is 465 g/mol. The zero-order valence-electron chi connectivity index (χ0n) is 18.4. The van der Waals surface area contributed by atoms with E-state index in [4.69, 9.17) is 11.5 Å². The molecule has 6 N–H and O–H groups in total. The van der Waals surface area contributed by atoms with Crippen molar-refractivity contribution in [1.29, 1.82) is 0 Å². The molecule has 0 aliphatic heterocycles. The molecule has 3 rings (SSSR count). The molecule has 33 heavy (non-hydrogen) atoms. The molecule has 0 spiro atoms. The van der Waals surface area contributed by atoms with Gasteiger partial charge in [0.15, 0.2) is 11.6 Å². The molecule has 0 fully saturated rings. The lowest BCUT2D eigenvalue weighted by Crippen LogP contribution is -2.31. The van der Waals surface area contributed by atoms with Gasteiger partial charge in [-0.15, -0.1) is 5.10 Å². The number of fused-ring (bicyclic) bond motifs is 1. The summed E-state index contributed by atoms with van der Waals surface area (Å²) in [4.78, 5) is 16.1. The Bertz CT molecular complexity index is 1150. The molecule has 0 saturated carbocycles. The minimum absolute atomic E-state index is 0.00807. The summed E-state index contributed by atoms with van der Waals surface area (Å²) in [5.74, 6) is -1.69. The van der Waals surface area contributed by atoms with Gasteiger partial charge in [-0.05, 0) is 36.6 Å². The van der Waals surface area contributed by atoms with Crippen LogP contribution in [-0.4, -0.2) is 39.9 Å². The van der Waals surface area contributed by atoms with Gasteiger partial charge in [-0.1, -0.05) is 13.8 Å². The molecule has 1 amide bonds. The number of ether oxygens (including phenoxy) is 1. The van der Waals surface area contributed by atoms with Crippen molar-refractivity contribution in [2.24, 2.45) is 24.4 Å². The highest BCUT2D eigenvalue weighted by atomic mass is 19.3. The Morgan fingerprint density at radius 3 is 2.58 bits per heavy atom. The fraction of sp³-hybridized carbons (Fsp3) is 0.381. The van der Waals surface area contributed by atoms with Crippen LogP contribution in [0.5, 0.6) is 5.88 Å². The number of carbonyl (C=O) groups is 1. The van der Waals surface area contributed by atoms with E-state index in [9.17, 15) is 18.0 Å². The van der Waals surface area contributed by atoms with Crippen LogP contribution in [0.15, 0.2) is 24.3 Å². The number of anilines is 3. The van der Waals surface area contributed by atoms with Crippen LogP contribution in [0.25, 0.3) is 10.9 Å². The van der Waals surface area contributed by atoms with Crippen LogP contribution >= 0.6 is 0 Å². The van der Waals surface area contributed by atoms with Crippen molar-refractivity contribution in [3.63, 3.8) is 0 Å². The molecule has 2 aromatic heterocycles. The maximum atomic E-state index is 14.6. The van der Waals surface area contributed by atoms with E-state index in [1.165, 1.54) is 10.7 Å². The normalized spacial score (nSPS) is 12.4. The molecule has 0 bridgehead atoms. The number of nitrogens with two attached hydrogens (primary N) is 2. The Morgan fingerprint density at radius 1 is 1.24 bits per heavy atom. The molecule has 12 heteroatoms. The minimum Gasteiger partial charge on any atom is -0.415 e. The van der Waals surface area contributed by atoms with Gasteiger partial charge in [-0.2, -0.15) is 8.78 Å². The zero-order chi connectivity index (χ0) is 24.3. The number of alkyl halides is 2. The SMILES string of the molecule is CC(C)CC(CN)Nc1nc(Nc2ccc3c(c2)c(OC(F)F)nn3C)c(C(N)=O)cc1F. The molecule has 2 heterocycles. The smallest absolute Gasteiger partial charge is 0.388 e. The van der Waals surface area contributed by atoms with E-state index in [2.05, 4.69) is 25.5 Å². The number of halogens is 3. The predicted molar refractivity (Wildman–Crippen MR) is 119 cm³/mol. The third-order valence-electron chi connectivity index (χ3n) is 4.90. The molecule has 0 aliphatic rings. The number of benzene rings is 1. The van der Waals surface area contributed by atoms with Gasteiger partial charge in [0.05, 0.1) is 16.5 Å². The van der Waals surface area contributed by atoms with Gasteiger partial charge in [0, 0.05) is 25.3 Å². The van der Waals surface area contributed by atoms with Crippen LogP contribution in [0.2, 0.25) is 0 Å². The fourth-order valence-corrected chi connectivity index (χ4v) is 3.47. The predicted octanol–water partition coefficient (Wildman–Crippen LogP) is 3.34. The average Bonchev–Trinajstić information content (AvgIpc) is 3.03. The lowest BCUT2D eigenvalue weighted by molar-refractivity contribution is -0.0521. The van der Waals surface area contributed by atoms with Crippen molar-refractivity contribution in [2.45, 2.75) is 32.9 Å². The topological polar surface area (TPSA) is 133 Å². The number of pyridine rings is 1. The van der Waals surface area contributed by atoms with Crippen LogP contribution in [0, 0.1) is 11.7 Å². The van der Waals surface area contributed by atoms with Crippen LogP contribution in [-0.2, 0) is 7.05 Å². The Kier molecular flexibility index (Phi) is 7.26. The van der Waals surface area contributed by atoms with Crippen molar-refractivity contribution in [3.8, 4) is 5.88 Å². The number of aryl methyl sites for hydroxylation is 1. The molecule has 0 saturated heterocycles. The van der Waals surface area contributed by atoms with Gasteiger partial charge in [0.1, 0.15) is 5.82 Å². The van der Waals surface area contributed by atoms with Crippen molar-refractivity contribution < 1.29 is 22.7 Å². The first-order valence-corrected chi connectivity index (χ1v) is 10.2. The van der Waals surface area contributed by atoms with Crippen LogP contribution in [0.1, 0.15) is 30.6 Å². The van der Waals surface area contributed by atoms with Gasteiger partial charge in [-0.25, -0.2) is 9.37 Å². The fourth-order valence-electron chi connectivity index (χ4n) is 3.47. The molecule has 3 aromatic rings. The van der Waals surface area contributed by atoms with Crippen molar-refractivity contribution >= 4 is 34.1 Å². The highest BCUT2D eigenvalue weighted by Gasteiger charge is 2.20. The molecule has 1 unspecified atom stereocenters. The third-order valence-corrected chi connectivity index (χ3v) is 4.90. The third kappa shape index (κ3) is 5.64. The maximum absolute atomic E-state index is 14.6. The van der Waals surface area contributed by atoms with E-state index in [1.54, 1.807) is 19.2 Å². The average molecular weight is 465 g/mol. The number of hydrogen-bond acceptors (Lipinski definition) is 7. The van der Waals surface area contributed by atoms with E-state index < -0.39 is 18.3 Å². The Balaban J connectivity index is 1.99. The van der Waals surface area contributed by atoms with Crippen LogP contribution < -0.4 is 26.8 Å². The van der Waals surface area contributed by atoms with Gasteiger partial charge >= 0.3 is 6.61 Å². The lowest BCUT2D eigenvalue weighted by atomic mass is 10.0. The number of aromatic nitrogens is 3. The summed E-state index contributed by atoms with van der Waals surface area (Å²) in [6.45, 7) is 1.23. The second-order valence-corrected chi connectivity index (χ2v) is 7.95. The van der Waals surface area contributed by atoms with Crippen molar-refractivity contribution in [2.75, 3.05) is 17.2 Å². The first kappa shape index (κ1) is 24.1. The Hall–Kier alpha value is -3.54. The summed E-state index contributed by atoms with van der Waals surface area (Å²) in [6, 6.07) is 5.50. The van der Waals surface area contributed by atoms with Crippen LogP contribution in [0.4, 0.5) is 30.5 Å². The first-order valence-electron chi connectivity index (χ1n) is 10.2. The molecular formula is C21H26F3N7O2. The second kappa shape index (κ2) is 9.94. The van der Waals surface area contributed by atoms with Gasteiger partial charge in [-0.3, -0.25) is 9.48 Å². The summed E-state index contributed by atoms with van der Waals surface area (Å²) in [5.41, 5.74) is 11.9. The first-order chi connectivity index (χ1) is 15.6. The highest BCUT2D eigenvalue weighted by molar-refractivity contribution is 5.99. The molecule has 1 atom stereocenters. The molecule has 0 radical (unpaired) electrons. The number of nitrogens with zero attached hydrogens (tertiary/aromatic N) is 3. The minimum atomic E-state index is -3.05. The number of primary amides is 1. The van der Waals surface area contributed by atoms with Gasteiger partial charge in [0.25, 0.3) is 5.91 Å². The number of nitrogens with one attached hydrogen (secondary N) is 2. The molecule has 0 aliphatic carbocycles. The lowest BCUT2D eigenvalue weighted by Gasteiger charge is -2.21. The van der Waals surface area contributed by atoms with Crippen molar-refractivity contribution in [1.82, 2.24) is 14.8 Å². The highest BCUT2D eigenvalue weighted by Crippen LogP contribution is 2.31. The Labute approximate surface area is 188 Å². The number of amides is 1. The number of hydrogen-bond donors (Lipinski definition) is 4. The van der Waals surface area contributed by atoms with Gasteiger partial charge in [0.2, 0.25) is 5.88 Å². The number of carbonyl (C=O) groups excluding carboxylic acids is 1. The molecule has 1 aromatic carbocycles. The summed E-state index contributed by atoms with van der Waals surface area (Å²) in [5, 5.41) is 10.1. The zero-order valence-corrected chi connectivity index (χ0v) is 18.4. The maximum Gasteiger partial charge on any atom is 0.388 e. The quantitative estimate of drug-likeness (QED) is 0.361. The second-order valence-electron chi connectivity index (χ2n) is 7.95. The molecule has 9 nitrogen and oxygen atoms in total. The van der Waals surface area contributed by atoms with E-state index in [0.717, 1.165) is 6.07 Å².